The van der Waals surface area contributed by atoms with Crippen molar-refractivity contribution in [3.8, 4) is 0 Å². The number of carbonyl (C=O) groups excluding carboxylic acids is 1. The quantitative estimate of drug-likeness (QED) is 0.911. The predicted octanol–water partition coefficient (Wildman–Crippen LogP) is 3.54. The summed E-state index contributed by atoms with van der Waals surface area (Å²) in [5, 5.41) is 2.85. The van der Waals surface area contributed by atoms with E-state index in [0.29, 0.717) is 12.4 Å². The van der Waals surface area contributed by atoms with Crippen LogP contribution in [0.1, 0.15) is 17.5 Å². The number of amides is 1. The summed E-state index contributed by atoms with van der Waals surface area (Å²) in [6, 6.07) is 10.1. The maximum atomic E-state index is 12.2. The monoisotopic (exact) mass is 359 g/mol. The molecule has 1 N–H and O–H groups in total. The van der Waals surface area contributed by atoms with Crippen LogP contribution in [0.4, 0.5) is 11.5 Å². The third kappa shape index (κ3) is 3.47. The minimum atomic E-state index is -0.0387. The van der Waals surface area contributed by atoms with Crippen molar-refractivity contribution in [3.63, 3.8) is 0 Å². The fourth-order valence-electron chi connectivity index (χ4n) is 2.77. The standard InChI is InChI=1S/C17H18BrN3O/c1-12-4-6-15-13(9-12)3-2-8-21(15)11-17(22)20-16-7-5-14(18)10-19-16/h4-7,9-10H,2-3,8,11H2,1H3,(H,19,20,22). The minimum Gasteiger partial charge on any atom is -0.362 e. The number of halogens is 1. The molecule has 4 nitrogen and oxygen atoms in total. The molecule has 1 aliphatic heterocycles. The second kappa shape index (κ2) is 6.48. The molecule has 3 rings (SSSR count). The van der Waals surface area contributed by atoms with Crippen molar-refractivity contribution < 1.29 is 4.79 Å². The molecule has 114 valence electrons. The van der Waals surface area contributed by atoms with Gasteiger partial charge >= 0.3 is 0 Å². The number of anilines is 2. The number of benzene rings is 1. The number of hydrogen-bond acceptors (Lipinski definition) is 3. The van der Waals surface area contributed by atoms with Crippen LogP contribution in [0.3, 0.4) is 0 Å². The smallest absolute Gasteiger partial charge is 0.245 e. The van der Waals surface area contributed by atoms with E-state index in [1.807, 2.05) is 6.07 Å². The number of pyridine rings is 1. The van der Waals surface area contributed by atoms with E-state index in [4.69, 9.17) is 0 Å². The van der Waals surface area contributed by atoms with Gasteiger partial charge in [-0.1, -0.05) is 17.7 Å². The summed E-state index contributed by atoms with van der Waals surface area (Å²) in [4.78, 5) is 18.6. The Morgan fingerprint density at radius 3 is 3.00 bits per heavy atom. The third-order valence-electron chi connectivity index (χ3n) is 3.78. The van der Waals surface area contributed by atoms with Gasteiger partial charge in [0.1, 0.15) is 5.82 Å². The van der Waals surface area contributed by atoms with Crippen LogP contribution in [0.15, 0.2) is 41.0 Å². The molecular formula is C17H18BrN3O. The molecular weight excluding hydrogens is 342 g/mol. The lowest BCUT2D eigenvalue weighted by atomic mass is 9.99. The van der Waals surface area contributed by atoms with Gasteiger partial charge < -0.3 is 10.2 Å². The second-order valence-electron chi connectivity index (χ2n) is 5.57. The first-order valence-electron chi connectivity index (χ1n) is 7.38. The molecule has 0 saturated carbocycles. The maximum absolute atomic E-state index is 12.2. The van der Waals surface area contributed by atoms with Gasteiger partial charge in [0.05, 0.1) is 6.54 Å². The predicted molar refractivity (Wildman–Crippen MR) is 92.3 cm³/mol. The Bertz CT molecular complexity index is 685. The van der Waals surface area contributed by atoms with E-state index >= 15 is 0 Å². The zero-order chi connectivity index (χ0) is 15.5. The van der Waals surface area contributed by atoms with Gasteiger partial charge in [-0.05, 0) is 59.5 Å². The molecule has 0 atom stereocenters. The Morgan fingerprint density at radius 2 is 2.23 bits per heavy atom. The van der Waals surface area contributed by atoms with E-state index in [1.54, 1.807) is 12.3 Å². The maximum Gasteiger partial charge on any atom is 0.245 e. The molecule has 0 unspecified atom stereocenters. The number of hydrogen-bond donors (Lipinski definition) is 1. The summed E-state index contributed by atoms with van der Waals surface area (Å²) >= 11 is 3.33. The Labute approximate surface area is 138 Å². The zero-order valence-electron chi connectivity index (χ0n) is 12.5. The summed E-state index contributed by atoms with van der Waals surface area (Å²) in [7, 11) is 0. The largest absolute Gasteiger partial charge is 0.362 e. The summed E-state index contributed by atoms with van der Waals surface area (Å²) < 4.78 is 0.894. The molecule has 0 radical (unpaired) electrons. The molecule has 1 aromatic carbocycles. The number of nitrogens with one attached hydrogen (secondary N) is 1. The number of fused-ring (bicyclic) bond motifs is 1. The van der Waals surface area contributed by atoms with Gasteiger partial charge in [0.25, 0.3) is 0 Å². The van der Waals surface area contributed by atoms with Crippen LogP contribution in [0.25, 0.3) is 0 Å². The lowest BCUT2D eigenvalue weighted by molar-refractivity contribution is -0.115. The normalized spacial score (nSPS) is 13.6. The average molecular weight is 360 g/mol. The summed E-state index contributed by atoms with van der Waals surface area (Å²) in [6.45, 7) is 3.37. The number of rotatable bonds is 3. The lowest BCUT2D eigenvalue weighted by Gasteiger charge is -2.31. The Balaban J connectivity index is 1.69. The highest BCUT2D eigenvalue weighted by atomic mass is 79.9. The van der Waals surface area contributed by atoms with E-state index in [2.05, 4.69) is 56.3 Å². The van der Waals surface area contributed by atoms with Gasteiger partial charge in [0.15, 0.2) is 0 Å². The summed E-state index contributed by atoms with van der Waals surface area (Å²) in [6.07, 6.45) is 3.85. The van der Waals surface area contributed by atoms with Crippen LogP contribution in [0.2, 0.25) is 0 Å². The van der Waals surface area contributed by atoms with Crippen LogP contribution in [0, 0.1) is 6.92 Å². The van der Waals surface area contributed by atoms with Crippen molar-refractivity contribution in [2.75, 3.05) is 23.3 Å². The molecule has 0 bridgehead atoms. The fourth-order valence-corrected chi connectivity index (χ4v) is 3.01. The van der Waals surface area contributed by atoms with Crippen molar-refractivity contribution in [2.24, 2.45) is 0 Å². The van der Waals surface area contributed by atoms with Crippen molar-refractivity contribution >= 4 is 33.3 Å². The first-order chi connectivity index (χ1) is 10.6. The van der Waals surface area contributed by atoms with Crippen molar-refractivity contribution in [1.29, 1.82) is 0 Å². The van der Waals surface area contributed by atoms with Crippen LogP contribution in [-0.2, 0) is 11.2 Å². The number of nitrogens with zero attached hydrogens (tertiary/aromatic N) is 2. The van der Waals surface area contributed by atoms with E-state index in [-0.39, 0.29) is 5.91 Å². The molecule has 0 fully saturated rings. The Hall–Kier alpha value is -1.88. The summed E-state index contributed by atoms with van der Waals surface area (Å²) in [5.74, 6) is 0.539. The highest BCUT2D eigenvalue weighted by Gasteiger charge is 2.19. The number of carbonyl (C=O) groups is 1. The van der Waals surface area contributed by atoms with Crippen LogP contribution >= 0.6 is 15.9 Å². The van der Waals surface area contributed by atoms with Gasteiger partial charge in [-0.3, -0.25) is 4.79 Å². The highest BCUT2D eigenvalue weighted by molar-refractivity contribution is 9.10. The number of aryl methyl sites for hydroxylation is 2. The van der Waals surface area contributed by atoms with Gasteiger partial charge in [0.2, 0.25) is 5.91 Å². The molecule has 2 heterocycles. The van der Waals surface area contributed by atoms with E-state index in [0.717, 1.165) is 23.9 Å². The van der Waals surface area contributed by atoms with Gasteiger partial charge in [-0.15, -0.1) is 0 Å². The van der Waals surface area contributed by atoms with Crippen molar-refractivity contribution in [2.45, 2.75) is 19.8 Å². The molecule has 0 saturated heterocycles. The SMILES string of the molecule is Cc1ccc2c(c1)CCCN2CC(=O)Nc1ccc(Br)cn1. The molecule has 22 heavy (non-hydrogen) atoms. The molecule has 1 aliphatic rings. The van der Waals surface area contributed by atoms with Crippen LogP contribution in [-0.4, -0.2) is 24.0 Å². The highest BCUT2D eigenvalue weighted by Crippen LogP contribution is 2.27. The minimum absolute atomic E-state index is 0.0387. The molecule has 2 aromatic rings. The molecule has 5 heteroatoms. The lowest BCUT2D eigenvalue weighted by Crippen LogP contribution is -2.36. The topological polar surface area (TPSA) is 45.2 Å². The first-order valence-corrected chi connectivity index (χ1v) is 8.17. The Kier molecular flexibility index (Phi) is 4.43. The van der Waals surface area contributed by atoms with Gasteiger partial charge in [-0.2, -0.15) is 0 Å². The number of aromatic nitrogens is 1. The zero-order valence-corrected chi connectivity index (χ0v) is 14.1. The Morgan fingerprint density at radius 1 is 1.36 bits per heavy atom. The second-order valence-corrected chi connectivity index (χ2v) is 6.48. The van der Waals surface area contributed by atoms with E-state index < -0.39 is 0 Å². The van der Waals surface area contributed by atoms with Crippen molar-refractivity contribution in [3.05, 3.63) is 52.1 Å². The van der Waals surface area contributed by atoms with E-state index in [9.17, 15) is 4.79 Å². The third-order valence-corrected chi connectivity index (χ3v) is 4.25. The molecule has 0 spiro atoms. The summed E-state index contributed by atoms with van der Waals surface area (Å²) in [5.41, 5.74) is 3.78. The average Bonchev–Trinajstić information content (AvgIpc) is 2.49. The fraction of sp³-hybridized carbons (Fsp3) is 0.294. The molecule has 1 amide bonds. The van der Waals surface area contributed by atoms with E-state index in [1.165, 1.54) is 16.8 Å². The van der Waals surface area contributed by atoms with Crippen LogP contribution < -0.4 is 10.2 Å². The van der Waals surface area contributed by atoms with Crippen LogP contribution in [0.5, 0.6) is 0 Å². The van der Waals surface area contributed by atoms with Gasteiger partial charge in [0, 0.05) is 22.9 Å². The van der Waals surface area contributed by atoms with Crippen molar-refractivity contribution in [1.82, 2.24) is 4.98 Å². The van der Waals surface area contributed by atoms with Gasteiger partial charge in [-0.25, -0.2) is 4.98 Å². The molecule has 0 aliphatic carbocycles. The molecule has 1 aromatic heterocycles. The first kappa shape index (κ1) is 15.0.